The number of aryl methyl sites for hydroxylation is 1. The van der Waals surface area contributed by atoms with E-state index < -0.39 is 22.0 Å². The number of pyridine rings is 1. The van der Waals surface area contributed by atoms with Gasteiger partial charge in [0.15, 0.2) is 0 Å². The monoisotopic (exact) mass is 531 g/mol. The molecule has 10 heteroatoms. The van der Waals surface area contributed by atoms with E-state index >= 15 is 0 Å². The topological polar surface area (TPSA) is 101 Å². The number of carbonyl (C=O) groups excluding carboxylic acids is 1. The first-order chi connectivity index (χ1) is 16.5. The van der Waals surface area contributed by atoms with Crippen LogP contribution in [0.4, 0.5) is 5.69 Å². The third-order valence-electron chi connectivity index (χ3n) is 5.68. The Balaban J connectivity index is 1.87. The maximum Gasteiger partial charge on any atom is 0.268 e. The van der Waals surface area contributed by atoms with Crippen molar-refractivity contribution in [3.63, 3.8) is 0 Å². The largest absolute Gasteiger partial charge is 0.388 e. The van der Waals surface area contributed by atoms with E-state index in [1.165, 1.54) is 36.8 Å². The van der Waals surface area contributed by atoms with Crippen LogP contribution >= 0.6 is 23.2 Å². The lowest BCUT2D eigenvalue weighted by Crippen LogP contribution is -2.14. The molecule has 2 N–H and O–H groups in total. The number of amides is 1. The van der Waals surface area contributed by atoms with Gasteiger partial charge in [-0.3, -0.25) is 9.78 Å². The molecule has 0 radical (unpaired) electrons. The summed E-state index contributed by atoms with van der Waals surface area (Å²) in [6.45, 7) is 5.55. The molecule has 7 nitrogen and oxygen atoms in total. The number of aliphatic hydroxyl groups is 1. The molecule has 4 aromatic rings. The fraction of sp³-hybridized carbons (Fsp3) is 0.200. The van der Waals surface area contributed by atoms with Crippen LogP contribution in [-0.4, -0.2) is 28.4 Å². The average Bonchev–Trinajstić information content (AvgIpc) is 3.20. The summed E-state index contributed by atoms with van der Waals surface area (Å²) in [4.78, 5) is 17.0. The molecule has 2 heterocycles. The standard InChI is InChI=1S/C25H23Cl2N3O4S/c1-14(2)24(31)19-13-30(35(33,34)17-7-4-15(3)5-8-17)22-10-16(6-9-18(19)22)25(32)29-23-20(26)11-28-12-21(23)27/h4-14,24,31H,1-3H3,(H,28,29,32). The molecule has 1 atom stereocenters. The quantitative estimate of drug-likeness (QED) is 0.326. The average molecular weight is 532 g/mol. The zero-order valence-corrected chi connectivity index (χ0v) is 21.5. The Kier molecular flexibility index (Phi) is 6.92. The van der Waals surface area contributed by atoms with Gasteiger partial charge in [-0.25, -0.2) is 12.4 Å². The van der Waals surface area contributed by atoms with E-state index in [1.54, 1.807) is 24.3 Å². The number of fused-ring (bicyclic) bond motifs is 1. The summed E-state index contributed by atoms with van der Waals surface area (Å²) in [5.41, 5.74) is 2.03. The second-order valence-electron chi connectivity index (χ2n) is 8.55. The zero-order chi connectivity index (χ0) is 25.5. The molecular formula is C25H23Cl2N3O4S. The molecule has 35 heavy (non-hydrogen) atoms. The molecule has 0 aliphatic carbocycles. The van der Waals surface area contributed by atoms with Gasteiger partial charge in [0.25, 0.3) is 15.9 Å². The van der Waals surface area contributed by atoms with E-state index in [2.05, 4.69) is 10.3 Å². The lowest BCUT2D eigenvalue weighted by molar-refractivity contribution is 0.102. The summed E-state index contributed by atoms with van der Waals surface area (Å²) in [5.74, 6) is -0.691. The summed E-state index contributed by atoms with van der Waals surface area (Å²) in [5, 5.41) is 14.3. The Hall–Kier alpha value is -2.91. The molecule has 0 fully saturated rings. The lowest BCUT2D eigenvalue weighted by Gasteiger charge is -2.13. The number of aromatic nitrogens is 2. The van der Waals surface area contributed by atoms with Gasteiger partial charge >= 0.3 is 0 Å². The predicted molar refractivity (Wildman–Crippen MR) is 138 cm³/mol. The van der Waals surface area contributed by atoms with Crippen molar-refractivity contribution in [2.45, 2.75) is 31.8 Å². The SMILES string of the molecule is Cc1ccc(S(=O)(=O)n2cc(C(O)C(C)C)c3ccc(C(=O)Nc4c(Cl)cncc4Cl)cc32)cc1. The van der Waals surface area contributed by atoms with Gasteiger partial charge in [-0.15, -0.1) is 0 Å². The molecule has 0 saturated carbocycles. The lowest BCUT2D eigenvalue weighted by atomic mass is 9.98. The van der Waals surface area contributed by atoms with Gasteiger partial charge < -0.3 is 10.4 Å². The Labute approximate surface area is 213 Å². The minimum absolute atomic E-state index is 0.0933. The molecule has 0 bridgehead atoms. The first-order valence-electron chi connectivity index (χ1n) is 10.8. The van der Waals surface area contributed by atoms with E-state index in [9.17, 15) is 18.3 Å². The molecule has 0 saturated heterocycles. The van der Waals surface area contributed by atoms with Gasteiger partial charge in [0.05, 0.1) is 32.2 Å². The van der Waals surface area contributed by atoms with Gasteiger partial charge in [-0.2, -0.15) is 0 Å². The van der Waals surface area contributed by atoms with Crippen LogP contribution in [0, 0.1) is 12.8 Å². The van der Waals surface area contributed by atoms with Crippen molar-refractivity contribution in [3.05, 3.63) is 87.8 Å². The van der Waals surface area contributed by atoms with Crippen LogP contribution in [0.3, 0.4) is 0 Å². The number of halogens is 2. The van der Waals surface area contributed by atoms with Crippen LogP contribution in [0.25, 0.3) is 10.9 Å². The van der Waals surface area contributed by atoms with Crippen LogP contribution in [-0.2, 0) is 10.0 Å². The van der Waals surface area contributed by atoms with Crippen molar-refractivity contribution in [2.75, 3.05) is 5.32 Å². The molecule has 4 rings (SSSR count). The molecule has 0 aliphatic rings. The van der Waals surface area contributed by atoms with Crippen molar-refractivity contribution >= 4 is 55.7 Å². The van der Waals surface area contributed by atoms with E-state index in [-0.39, 0.29) is 37.6 Å². The van der Waals surface area contributed by atoms with Gasteiger partial charge in [-0.1, -0.05) is 60.8 Å². The second-order valence-corrected chi connectivity index (χ2v) is 11.2. The first kappa shape index (κ1) is 25.2. The molecule has 1 unspecified atom stereocenters. The number of nitrogens with zero attached hydrogens (tertiary/aromatic N) is 2. The number of benzene rings is 2. The molecule has 2 aromatic carbocycles. The number of nitrogens with one attached hydrogen (secondary N) is 1. The van der Waals surface area contributed by atoms with E-state index in [1.807, 2.05) is 20.8 Å². The van der Waals surface area contributed by atoms with Crippen molar-refractivity contribution < 1.29 is 18.3 Å². The highest BCUT2D eigenvalue weighted by molar-refractivity contribution is 7.90. The van der Waals surface area contributed by atoms with Gasteiger partial charge in [0, 0.05) is 35.1 Å². The van der Waals surface area contributed by atoms with Gasteiger partial charge in [0.2, 0.25) is 0 Å². The number of hydrogen-bond donors (Lipinski definition) is 2. The molecule has 182 valence electrons. The van der Waals surface area contributed by atoms with E-state index in [0.29, 0.717) is 10.9 Å². The van der Waals surface area contributed by atoms with Crippen molar-refractivity contribution in [1.29, 1.82) is 0 Å². The number of aliphatic hydroxyl groups excluding tert-OH is 1. The third kappa shape index (κ3) is 4.79. The van der Waals surface area contributed by atoms with Crippen LogP contribution < -0.4 is 5.32 Å². The molecule has 0 spiro atoms. The Bertz CT molecular complexity index is 1510. The molecule has 0 aliphatic heterocycles. The molecule has 2 aromatic heterocycles. The van der Waals surface area contributed by atoms with Crippen LogP contribution in [0.5, 0.6) is 0 Å². The summed E-state index contributed by atoms with van der Waals surface area (Å²) in [7, 11) is -4.01. The van der Waals surface area contributed by atoms with E-state index in [0.717, 1.165) is 9.54 Å². The second kappa shape index (κ2) is 9.62. The van der Waals surface area contributed by atoms with E-state index in [4.69, 9.17) is 23.2 Å². The zero-order valence-electron chi connectivity index (χ0n) is 19.2. The highest BCUT2D eigenvalue weighted by atomic mass is 35.5. The van der Waals surface area contributed by atoms with Gasteiger partial charge in [-0.05, 0) is 37.1 Å². The maximum absolute atomic E-state index is 13.6. The van der Waals surface area contributed by atoms with Crippen molar-refractivity contribution in [2.24, 2.45) is 5.92 Å². The third-order valence-corrected chi connectivity index (χ3v) is 7.95. The van der Waals surface area contributed by atoms with Crippen molar-refractivity contribution in [3.8, 4) is 0 Å². The summed E-state index contributed by atoms with van der Waals surface area (Å²) < 4.78 is 28.2. The van der Waals surface area contributed by atoms with Crippen LogP contribution in [0.2, 0.25) is 10.0 Å². The fourth-order valence-corrected chi connectivity index (χ4v) is 5.53. The maximum atomic E-state index is 13.6. The number of rotatable bonds is 6. The summed E-state index contributed by atoms with van der Waals surface area (Å²) in [6.07, 6.45) is 3.22. The Morgan fingerprint density at radius 1 is 1.06 bits per heavy atom. The Morgan fingerprint density at radius 2 is 1.69 bits per heavy atom. The fourth-order valence-electron chi connectivity index (χ4n) is 3.70. The number of hydrogen-bond acceptors (Lipinski definition) is 5. The Morgan fingerprint density at radius 3 is 2.29 bits per heavy atom. The first-order valence-corrected chi connectivity index (χ1v) is 13.0. The van der Waals surface area contributed by atoms with Crippen LogP contribution in [0.1, 0.15) is 41.4 Å². The smallest absolute Gasteiger partial charge is 0.268 e. The van der Waals surface area contributed by atoms with Crippen LogP contribution in [0.15, 0.2) is 66.0 Å². The highest BCUT2D eigenvalue weighted by Gasteiger charge is 2.26. The minimum atomic E-state index is -4.01. The highest BCUT2D eigenvalue weighted by Crippen LogP contribution is 2.34. The predicted octanol–water partition coefficient (Wildman–Crippen LogP) is 5.83. The summed E-state index contributed by atoms with van der Waals surface area (Å²) in [6, 6.07) is 11.1. The molecular weight excluding hydrogens is 509 g/mol. The van der Waals surface area contributed by atoms with Crippen molar-refractivity contribution in [1.82, 2.24) is 8.96 Å². The minimum Gasteiger partial charge on any atom is -0.388 e. The van der Waals surface area contributed by atoms with Gasteiger partial charge in [0.1, 0.15) is 0 Å². The number of anilines is 1. The normalized spacial score (nSPS) is 12.8. The number of carbonyl (C=O) groups is 1. The molecule has 1 amide bonds. The summed E-state index contributed by atoms with van der Waals surface area (Å²) >= 11 is 12.2.